The first-order valence-electron chi connectivity index (χ1n) is 7.01. The second-order valence-electron chi connectivity index (χ2n) is 6.51. The van der Waals surface area contributed by atoms with E-state index in [-0.39, 0.29) is 22.4 Å². The van der Waals surface area contributed by atoms with Crippen molar-refractivity contribution in [3.05, 3.63) is 28.2 Å². The Balaban J connectivity index is 1.92. The number of amides is 1. The van der Waals surface area contributed by atoms with Gasteiger partial charge in [0.1, 0.15) is 11.3 Å². The average molecular weight is 306 g/mol. The van der Waals surface area contributed by atoms with E-state index in [9.17, 15) is 19.5 Å². The number of aromatic nitrogens is 1. The van der Waals surface area contributed by atoms with Crippen LogP contribution in [0.25, 0.3) is 0 Å². The molecule has 3 saturated carbocycles. The van der Waals surface area contributed by atoms with Crippen LogP contribution in [0, 0.1) is 5.41 Å². The lowest BCUT2D eigenvalue weighted by Gasteiger charge is -2.69. The van der Waals surface area contributed by atoms with E-state index in [0.717, 1.165) is 6.07 Å². The highest BCUT2D eigenvalue weighted by Crippen LogP contribution is 2.71. The molecule has 4 rings (SSSR count). The highest BCUT2D eigenvalue weighted by atomic mass is 16.5. The molecule has 1 amide bonds. The quantitative estimate of drug-likeness (QED) is 0.812. The van der Waals surface area contributed by atoms with E-state index in [1.54, 1.807) is 19.0 Å². The lowest BCUT2D eigenvalue weighted by atomic mass is 9.38. The largest absolute Gasteiger partial charge is 0.507 e. The molecule has 0 aliphatic heterocycles. The summed E-state index contributed by atoms with van der Waals surface area (Å²) < 4.78 is 6.07. The molecule has 1 aromatic rings. The molecule has 3 aliphatic carbocycles. The molecule has 7 heteroatoms. The van der Waals surface area contributed by atoms with Gasteiger partial charge in [-0.25, -0.2) is 4.79 Å². The first-order valence-corrected chi connectivity index (χ1v) is 7.01. The Morgan fingerprint density at radius 3 is 2.41 bits per heavy atom. The Bertz CT molecular complexity index is 714. The number of hydrogen-bond acceptors (Lipinski definition) is 5. The molecule has 3 fully saturated rings. The van der Waals surface area contributed by atoms with Gasteiger partial charge < -0.3 is 19.3 Å². The van der Waals surface area contributed by atoms with Gasteiger partial charge in [0.15, 0.2) is 0 Å². The van der Waals surface area contributed by atoms with Crippen LogP contribution in [0.5, 0.6) is 5.75 Å². The molecule has 22 heavy (non-hydrogen) atoms. The van der Waals surface area contributed by atoms with Crippen molar-refractivity contribution in [2.75, 3.05) is 21.2 Å². The van der Waals surface area contributed by atoms with Crippen molar-refractivity contribution in [3.63, 3.8) is 0 Å². The van der Waals surface area contributed by atoms with Gasteiger partial charge in [-0.2, -0.15) is 0 Å². The van der Waals surface area contributed by atoms with Crippen molar-refractivity contribution in [2.45, 2.75) is 24.8 Å². The number of nitrogens with zero attached hydrogens (tertiary/aromatic N) is 2. The monoisotopic (exact) mass is 306 g/mol. The summed E-state index contributed by atoms with van der Waals surface area (Å²) in [5, 5.41) is 9.72. The van der Waals surface area contributed by atoms with Gasteiger partial charge >= 0.3 is 5.97 Å². The second kappa shape index (κ2) is 4.34. The standard InChI is InChI=1S/C15H18N2O5/c1-16(2)13(21)14-6-15(7-14,8-14)17-5-9(12(20)22-3)10(18)4-11(17)19/h4-5,18H,6-8H2,1-3H3. The molecule has 0 saturated heterocycles. The van der Waals surface area contributed by atoms with Gasteiger partial charge in [-0.1, -0.05) is 0 Å². The maximum absolute atomic E-state index is 12.1. The summed E-state index contributed by atoms with van der Waals surface area (Å²) in [6.45, 7) is 0. The minimum Gasteiger partial charge on any atom is -0.507 e. The van der Waals surface area contributed by atoms with Gasteiger partial charge in [-0.15, -0.1) is 0 Å². The number of rotatable bonds is 3. The number of aromatic hydroxyl groups is 1. The number of hydrogen-bond donors (Lipinski definition) is 1. The SMILES string of the molecule is COC(=O)c1cn(C23CC(C(=O)N(C)C)(C2)C3)c(=O)cc1O. The van der Waals surface area contributed by atoms with Crippen LogP contribution >= 0.6 is 0 Å². The van der Waals surface area contributed by atoms with E-state index in [0.29, 0.717) is 19.3 Å². The number of carbonyl (C=O) groups excluding carboxylic acids is 2. The molecule has 0 spiro atoms. The van der Waals surface area contributed by atoms with Crippen molar-refractivity contribution in [3.8, 4) is 5.75 Å². The van der Waals surface area contributed by atoms with E-state index in [1.807, 2.05) is 0 Å². The Hall–Kier alpha value is -2.31. The Morgan fingerprint density at radius 1 is 1.32 bits per heavy atom. The maximum Gasteiger partial charge on any atom is 0.343 e. The highest BCUT2D eigenvalue weighted by Gasteiger charge is 2.73. The predicted octanol–water partition coefficient (Wildman–Crippen LogP) is 0.308. The topological polar surface area (TPSA) is 88.8 Å². The second-order valence-corrected chi connectivity index (χ2v) is 6.51. The van der Waals surface area contributed by atoms with Crippen LogP contribution in [0.3, 0.4) is 0 Å². The van der Waals surface area contributed by atoms with Crippen molar-refractivity contribution in [2.24, 2.45) is 5.41 Å². The first kappa shape index (κ1) is 14.6. The van der Waals surface area contributed by atoms with Gasteiger partial charge in [0.2, 0.25) is 5.91 Å². The fourth-order valence-electron chi connectivity index (χ4n) is 3.85. The average Bonchev–Trinajstić information content (AvgIpc) is 2.36. The van der Waals surface area contributed by atoms with Crippen LogP contribution < -0.4 is 5.56 Å². The normalized spacial score (nSPS) is 28.3. The molecule has 3 aliphatic rings. The van der Waals surface area contributed by atoms with Crippen molar-refractivity contribution >= 4 is 11.9 Å². The maximum atomic E-state index is 12.1. The van der Waals surface area contributed by atoms with Crippen molar-refractivity contribution in [1.29, 1.82) is 0 Å². The minimum absolute atomic E-state index is 0.0418. The molecule has 2 bridgehead atoms. The summed E-state index contributed by atoms with van der Waals surface area (Å²) >= 11 is 0. The van der Waals surface area contributed by atoms with E-state index in [1.165, 1.54) is 17.9 Å². The summed E-state index contributed by atoms with van der Waals surface area (Å²) in [6.07, 6.45) is 3.10. The molecule has 0 atom stereocenters. The van der Waals surface area contributed by atoms with Crippen LogP contribution in [0.15, 0.2) is 17.1 Å². The third-order valence-corrected chi connectivity index (χ3v) is 4.81. The van der Waals surface area contributed by atoms with E-state index < -0.39 is 17.3 Å². The molecule has 118 valence electrons. The van der Waals surface area contributed by atoms with Gasteiger partial charge in [0.05, 0.1) is 18.1 Å². The molecule has 1 aromatic heterocycles. The van der Waals surface area contributed by atoms with Gasteiger partial charge in [-0.05, 0) is 19.3 Å². The number of esters is 1. The fourth-order valence-corrected chi connectivity index (χ4v) is 3.85. The number of ether oxygens (including phenoxy) is 1. The zero-order chi connectivity index (χ0) is 16.3. The van der Waals surface area contributed by atoms with Gasteiger partial charge in [0, 0.05) is 26.4 Å². The van der Waals surface area contributed by atoms with Crippen LogP contribution in [-0.4, -0.2) is 47.7 Å². The zero-order valence-electron chi connectivity index (χ0n) is 12.8. The number of carbonyl (C=O) groups is 2. The summed E-state index contributed by atoms with van der Waals surface area (Å²) in [5.74, 6) is -1.01. The molecular weight excluding hydrogens is 288 g/mol. The molecule has 1 heterocycles. The molecule has 0 aromatic carbocycles. The first-order chi connectivity index (χ1) is 10.2. The smallest absolute Gasteiger partial charge is 0.343 e. The summed E-state index contributed by atoms with van der Waals surface area (Å²) in [5.41, 5.74) is -1.21. The fraction of sp³-hybridized carbons (Fsp3) is 0.533. The summed E-state index contributed by atoms with van der Waals surface area (Å²) in [4.78, 5) is 37.5. The third-order valence-electron chi connectivity index (χ3n) is 4.81. The van der Waals surface area contributed by atoms with Crippen LogP contribution in [-0.2, 0) is 15.1 Å². The lowest BCUT2D eigenvalue weighted by Crippen LogP contribution is -2.73. The van der Waals surface area contributed by atoms with Gasteiger partial charge in [-0.3, -0.25) is 9.59 Å². The Labute approximate surface area is 127 Å². The summed E-state index contributed by atoms with van der Waals surface area (Å²) in [6, 6.07) is 1.02. The predicted molar refractivity (Wildman–Crippen MR) is 76.7 cm³/mol. The Morgan fingerprint density at radius 2 is 1.91 bits per heavy atom. The van der Waals surface area contributed by atoms with E-state index >= 15 is 0 Å². The Kier molecular flexibility index (Phi) is 2.89. The van der Waals surface area contributed by atoms with E-state index in [4.69, 9.17) is 0 Å². The minimum atomic E-state index is -0.697. The number of pyridine rings is 1. The van der Waals surface area contributed by atoms with Crippen molar-refractivity contribution < 1.29 is 19.4 Å². The lowest BCUT2D eigenvalue weighted by molar-refractivity contribution is -0.205. The highest BCUT2D eigenvalue weighted by molar-refractivity contribution is 5.92. The zero-order valence-corrected chi connectivity index (χ0v) is 12.8. The third kappa shape index (κ3) is 1.71. The molecular formula is C15H18N2O5. The molecule has 7 nitrogen and oxygen atoms in total. The molecule has 0 radical (unpaired) electrons. The van der Waals surface area contributed by atoms with Crippen molar-refractivity contribution in [1.82, 2.24) is 9.47 Å². The van der Waals surface area contributed by atoms with Gasteiger partial charge in [0.25, 0.3) is 5.56 Å². The number of methoxy groups -OCH3 is 1. The molecule has 1 N–H and O–H groups in total. The van der Waals surface area contributed by atoms with Crippen LogP contribution in [0.2, 0.25) is 0 Å². The van der Waals surface area contributed by atoms with E-state index in [2.05, 4.69) is 4.74 Å². The molecule has 0 unspecified atom stereocenters. The van der Waals surface area contributed by atoms with Crippen LogP contribution in [0.1, 0.15) is 29.6 Å². The van der Waals surface area contributed by atoms with Crippen LogP contribution in [0.4, 0.5) is 0 Å². The summed E-state index contributed by atoms with van der Waals surface area (Å²) in [7, 11) is 4.65.